The van der Waals surface area contributed by atoms with E-state index in [1.807, 2.05) is 13.0 Å². The van der Waals surface area contributed by atoms with Gasteiger partial charge < -0.3 is 4.90 Å². The van der Waals surface area contributed by atoms with E-state index >= 15 is 0 Å². The van der Waals surface area contributed by atoms with Gasteiger partial charge in [0.15, 0.2) is 0 Å². The molecular formula is C15H16ClN3. The van der Waals surface area contributed by atoms with Crippen LogP contribution in [-0.4, -0.2) is 16.5 Å². The largest absolute Gasteiger partial charge is 0.352 e. The van der Waals surface area contributed by atoms with Crippen molar-refractivity contribution in [2.75, 3.05) is 11.4 Å². The standard InChI is InChI=1S/C15H16ClN3/c1-11-9-14(18-15(16)17-11)19-8-4-7-12-5-2-3-6-13(12)10-19/h2-3,5-6,9H,4,7-8,10H2,1H3. The predicted molar refractivity (Wildman–Crippen MR) is 77.6 cm³/mol. The molecule has 19 heavy (non-hydrogen) atoms. The van der Waals surface area contributed by atoms with Crippen LogP contribution in [-0.2, 0) is 13.0 Å². The summed E-state index contributed by atoms with van der Waals surface area (Å²) in [6.45, 7) is 3.84. The molecule has 0 aliphatic carbocycles. The summed E-state index contributed by atoms with van der Waals surface area (Å²) in [4.78, 5) is 10.8. The molecule has 4 heteroatoms. The van der Waals surface area contributed by atoms with Crippen LogP contribution in [0, 0.1) is 6.92 Å². The third kappa shape index (κ3) is 2.71. The number of hydrogen-bond donors (Lipinski definition) is 0. The van der Waals surface area contributed by atoms with Crippen LogP contribution in [0.1, 0.15) is 23.2 Å². The molecule has 0 spiro atoms. The van der Waals surface area contributed by atoms with Crippen molar-refractivity contribution in [3.05, 3.63) is 52.4 Å². The van der Waals surface area contributed by atoms with Crippen molar-refractivity contribution in [1.82, 2.24) is 9.97 Å². The number of aromatic nitrogens is 2. The number of anilines is 1. The van der Waals surface area contributed by atoms with Crippen LogP contribution in [0.2, 0.25) is 5.28 Å². The maximum Gasteiger partial charge on any atom is 0.224 e. The minimum Gasteiger partial charge on any atom is -0.352 e. The Hall–Kier alpha value is -1.61. The molecule has 0 saturated heterocycles. The highest BCUT2D eigenvalue weighted by molar-refractivity contribution is 6.28. The highest BCUT2D eigenvalue weighted by atomic mass is 35.5. The highest BCUT2D eigenvalue weighted by Crippen LogP contribution is 2.23. The molecule has 0 atom stereocenters. The van der Waals surface area contributed by atoms with Gasteiger partial charge in [0.25, 0.3) is 0 Å². The van der Waals surface area contributed by atoms with Gasteiger partial charge in [-0.2, -0.15) is 0 Å². The van der Waals surface area contributed by atoms with Gasteiger partial charge in [-0.25, -0.2) is 9.97 Å². The average Bonchev–Trinajstić information content (AvgIpc) is 2.59. The van der Waals surface area contributed by atoms with E-state index in [0.29, 0.717) is 5.28 Å². The first-order chi connectivity index (χ1) is 9.22. The molecule has 98 valence electrons. The van der Waals surface area contributed by atoms with E-state index in [1.54, 1.807) is 0 Å². The second kappa shape index (κ2) is 5.17. The topological polar surface area (TPSA) is 29.0 Å². The Kier molecular flexibility index (Phi) is 3.38. The Morgan fingerprint density at radius 2 is 1.95 bits per heavy atom. The molecule has 3 rings (SSSR count). The zero-order chi connectivity index (χ0) is 13.2. The van der Waals surface area contributed by atoms with Crippen molar-refractivity contribution < 1.29 is 0 Å². The van der Waals surface area contributed by atoms with Crippen LogP contribution < -0.4 is 4.90 Å². The number of benzene rings is 1. The molecule has 0 unspecified atom stereocenters. The number of aryl methyl sites for hydroxylation is 2. The van der Waals surface area contributed by atoms with Gasteiger partial charge in [-0.15, -0.1) is 0 Å². The minimum atomic E-state index is 0.326. The van der Waals surface area contributed by atoms with Crippen molar-refractivity contribution in [1.29, 1.82) is 0 Å². The van der Waals surface area contributed by atoms with E-state index in [4.69, 9.17) is 11.6 Å². The molecule has 1 aliphatic rings. The summed E-state index contributed by atoms with van der Waals surface area (Å²) in [5.74, 6) is 0.925. The summed E-state index contributed by atoms with van der Waals surface area (Å²) in [5.41, 5.74) is 3.74. The molecular weight excluding hydrogens is 258 g/mol. The Balaban J connectivity index is 1.94. The monoisotopic (exact) mass is 273 g/mol. The predicted octanol–water partition coefficient (Wildman–Crippen LogP) is 3.39. The van der Waals surface area contributed by atoms with Gasteiger partial charge in [0.05, 0.1) is 0 Å². The first-order valence-electron chi connectivity index (χ1n) is 6.55. The molecule has 0 bridgehead atoms. The number of hydrogen-bond acceptors (Lipinski definition) is 3. The van der Waals surface area contributed by atoms with Crippen LogP contribution >= 0.6 is 11.6 Å². The molecule has 1 aromatic heterocycles. The Morgan fingerprint density at radius 1 is 1.16 bits per heavy atom. The number of fused-ring (bicyclic) bond motifs is 1. The van der Waals surface area contributed by atoms with Gasteiger partial charge in [0.1, 0.15) is 5.82 Å². The normalized spacial score (nSPS) is 14.9. The molecule has 2 heterocycles. The Labute approximate surface area is 118 Å². The summed E-state index contributed by atoms with van der Waals surface area (Å²) in [7, 11) is 0. The number of rotatable bonds is 1. The fourth-order valence-electron chi connectivity index (χ4n) is 2.57. The molecule has 3 nitrogen and oxygen atoms in total. The van der Waals surface area contributed by atoms with Crippen molar-refractivity contribution in [2.45, 2.75) is 26.3 Å². The molecule has 0 amide bonds. The van der Waals surface area contributed by atoms with Gasteiger partial charge in [0, 0.05) is 24.8 Å². The van der Waals surface area contributed by atoms with Crippen molar-refractivity contribution in [3.8, 4) is 0 Å². The summed E-state index contributed by atoms with van der Waals surface area (Å²) in [5, 5.41) is 0.326. The Bertz CT molecular complexity index is 577. The second-order valence-corrected chi connectivity index (χ2v) is 5.27. The fourth-order valence-corrected chi connectivity index (χ4v) is 2.79. The van der Waals surface area contributed by atoms with Crippen LogP contribution in [0.15, 0.2) is 30.3 Å². The van der Waals surface area contributed by atoms with Gasteiger partial charge in [-0.3, -0.25) is 0 Å². The lowest BCUT2D eigenvalue weighted by Crippen LogP contribution is -2.23. The van der Waals surface area contributed by atoms with Crippen LogP contribution in [0.4, 0.5) is 5.82 Å². The molecule has 1 aliphatic heterocycles. The summed E-state index contributed by atoms with van der Waals surface area (Å²) in [6.07, 6.45) is 2.27. The lowest BCUT2D eigenvalue weighted by atomic mass is 10.0. The van der Waals surface area contributed by atoms with E-state index in [0.717, 1.165) is 37.4 Å². The lowest BCUT2D eigenvalue weighted by molar-refractivity contribution is 0.751. The third-order valence-corrected chi connectivity index (χ3v) is 3.66. The summed E-state index contributed by atoms with van der Waals surface area (Å²) < 4.78 is 0. The van der Waals surface area contributed by atoms with Gasteiger partial charge in [-0.05, 0) is 42.5 Å². The summed E-state index contributed by atoms with van der Waals surface area (Å²) >= 11 is 5.96. The number of halogens is 1. The van der Waals surface area contributed by atoms with E-state index in [-0.39, 0.29) is 0 Å². The van der Waals surface area contributed by atoms with Gasteiger partial charge in [0.2, 0.25) is 5.28 Å². The van der Waals surface area contributed by atoms with Crippen molar-refractivity contribution in [2.24, 2.45) is 0 Å². The van der Waals surface area contributed by atoms with Crippen LogP contribution in [0.25, 0.3) is 0 Å². The molecule has 0 saturated carbocycles. The first-order valence-corrected chi connectivity index (χ1v) is 6.93. The van der Waals surface area contributed by atoms with E-state index < -0.39 is 0 Å². The maximum absolute atomic E-state index is 5.96. The van der Waals surface area contributed by atoms with Gasteiger partial charge in [-0.1, -0.05) is 24.3 Å². The van der Waals surface area contributed by atoms with E-state index in [1.165, 1.54) is 11.1 Å². The fraction of sp³-hybridized carbons (Fsp3) is 0.333. The number of nitrogens with zero attached hydrogens (tertiary/aromatic N) is 3. The zero-order valence-electron chi connectivity index (χ0n) is 10.9. The molecule has 0 N–H and O–H groups in total. The van der Waals surface area contributed by atoms with Crippen molar-refractivity contribution >= 4 is 17.4 Å². The van der Waals surface area contributed by atoms with Crippen LogP contribution in [0.5, 0.6) is 0 Å². The zero-order valence-corrected chi connectivity index (χ0v) is 11.7. The Morgan fingerprint density at radius 3 is 2.74 bits per heavy atom. The highest BCUT2D eigenvalue weighted by Gasteiger charge is 2.16. The first kappa shape index (κ1) is 12.4. The average molecular weight is 274 g/mol. The summed E-state index contributed by atoms with van der Waals surface area (Å²) in [6, 6.07) is 10.6. The SMILES string of the molecule is Cc1cc(N2CCCc3ccccc3C2)nc(Cl)n1. The van der Waals surface area contributed by atoms with Crippen molar-refractivity contribution in [3.63, 3.8) is 0 Å². The van der Waals surface area contributed by atoms with Gasteiger partial charge >= 0.3 is 0 Å². The lowest BCUT2D eigenvalue weighted by Gasteiger charge is -2.22. The van der Waals surface area contributed by atoms with Crippen LogP contribution in [0.3, 0.4) is 0 Å². The third-order valence-electron chi connectivity index (χ3n) is 3.49. The molecule has 2 aromatic rings. The quantitative estimate of drug-likeness (QED) is 0.746. The molecule has 1 aromatic carbocycles. The second-order valence-electron chi connectivity index (χ2n) is 4.93. The molecule has 0 radical (unpaired) electrons. The molecule has 0 fully saturated rings. The van der Waals surface area contributed by atoms with E-state index in [2.05, 4.69) is 39.1 Å². The maximum atomic E-state index is 5.96. The smallest absolute Gasteiger partial charge is 0.224 e. The van der Waals surface area contributed by atoms with E-state index in [9.17, 15) is 0 Å². The minimum absolute atomic E-state index is 0.326.